The van der Waals surface area contributed by atoms with Crippen molar-refractivity contribution in [1.82, 2.24) is 4.98 Å². The summed E-state index contributed by atoms with van der Waals surface area (Å²) in [7, 11) is 0. The van der Waals surface area contributed by atoms with Gasteiger partial charge in [0, 0.05) is 11.6 Å². The number of nitrogens with zero attached hydrogens (tertiary/aromatic N) is 1. The molecule has 0 spiro atoms. The second-order valence-corrected chi connectivity index (χ2v) is 4.69. The van der Waals surface area contributed by atoms with Crippen molar-refractivity contribution in [1.29, 1.82) is 0 Å². The molecule has 0 saturated carbocycles. The number of furan rings is 1. The number of hydrogen-bond acceptors (Lipinski definition) is 4. The van der Waals surface area contributed by atoms with Gasteiger partial charge in [0.25, 0.3) is 0 Å². The van der Waals surface area contributed by atoms with Crippen LogP contribution >= 0.6 is 11.3 Å². The zero-order chi connectivity index (χ0) is 11.8. The second kappa shape index (κ2) is 3.82. The van der Waals surface area contributed by atoms with Gasteiger partial charge in [-0.25, -0.2) is 0 Å². The van der Waals surface area contributed by atoms with Gasteiger partial charge in [0.05, 0.1) is 10.4 Å². The fraction of sp³-hybridized carbons (Fsp3) is 0.0769. The van der Waals surface area contributed by atoms with Gasteiger partial charge < -0.3 is 4.42 Å². The average Bonchev–Trinajstić information content (AvgIpc) is 2.98. The molecule has 1 aromatic carbocycles. The van der Waals surface area contributed by atoms with Crippen molar-refractivity contribution in [3.8, 4) is 0 Å². The molecule has 0 bridgehead atoms. The molecule has 0 radical (unpaired) electrons. The third-order valence-corrected chi connectivity index (χ3v) is 3.39. The van der Waals surface area contributed by atoms with Gasteiger partial charge >= 0.3 is 0 Å². The highest BCUT2D eigenvalue weighted by Gasteiger charge is 2.16. The zero-order valence-corrected chi connectivity index (χ0v) is 9.95. The smallest absolute Gasteiger partial charge is 0.239 e. The fourth-order valence-electron chi connectivity index (χ4n) is 1.77. The Bertz CT molecular complexity index is 683. The summed E-state index contributed by atoms with van der Waals surface area (Å²) in [5, 5.41) is 0.956. The maximum absolute atomic E-state index is 12.1. The van der Waals surface area contributed by atoms with Crippen LogP contribution in [0.1, 0.15) is 21.0 Å². The van der Waals surface area contributed by atoms with Crippen LogP contribution in [-0.4, -0.2) is 10.8 Å². The van der Waals surface area contributed by atoms with Gasteiger partial charge in [0.2, 0.25) is 5.78 Å². The van der Waals surface area contributed by atoms with Crippen molar-refractivity contribution in [2.24, 2.45) is 0 Å². The number of thiazole rings is 1. The normalized spacial score (nSPS) is 10.9. The standard InChI is InChI=1S/C13H9NO2S/c1-8-3-2-4-9-5-10(16-13(8)9)12(15)11-6-14-7-17-11/h2-7H,1H3. The SMILES string of the molecule is Cc1cccc2cc(C(=O)c3cncs3)oc12. The summed E-state index contributed by atoms with van der Waals surface area (Å²) in [6.45, 7) is 1.97. The summed E-state index contributed by atoms with van der Waals surface area (Å²) in [5.74, 6) is 0.265. The summed E-state index contributed by atoms with van der Waals surface area (Å²) in [5.41, 5.74) is 3.45. The van der Waals surface area contributed by atoms with Crippen LogP contribution in [-0.2, 0) is 0 Å². The molecule has 0 amide bonds. The molecule has 0 aliphatic rings. The van der Waals surface area contributed by atoms with E-state index < -0.39 is 0 Å². The minimum absolute atomic E-state index is 0.108. The molecule has 0 N–H and O–H groups in total. The number of rotatable bonds is 2. The zero-order valence-electron chi connectivity index (χ0n) is 9.14. The van der Waals surface area contributed by atoms with E-state index in [-0.39, 0.29) is 5.78 Å². The number of benzene rings is 1. The third-order valence-electron chi connectivity index (χ3n) is 2.62. The fourth-order valence-corrected chi connectivity index (χ4v) is 2.33. The van der Waals surface area contributed by atoms with Gasteiger partial charge in [0.1, 0.15) is 5.58 Å². The quantitative estimate of drug-likeness (QED) is 0.647. The Balaban J connectivity index is 2.13. The number of aromatic nitrogens is 1. The van der Waals surface area contributed by atoms with Crippen LogP contribution in [0.2, 0.25) is 0 Å². The Kier molecular flexibility index (Phi) is 2.30. The van der Waals surface area contributed by atoms with Crippen molar-refractivity contribution in [2.75, 3.05) is 0 Å². The summed E-state index contributed by atoms with van der Waals surface area (Å²) in [6.07, 6.45) is 1.56. The van der Waals surface area contributed by atoms with E-state index >= 15 is 0 Å². The van der Waals surface area contributed by atoms with Gasteiger partial charge in [-0.05, 0) is 18.6 Å². The molecule has 0 aliphatic carbocycles. The number of carbonyl (C=O) groups excluding carboxylic acids is 1. The van der Waals surface area contributed by atoms with Gasteiger partial charge in [-0.2, -0.15) is 0 Å². The molecular formula is C13H9NO2S. The van der Waals surface area contributed by atoms with Gasteiger partial charge in [-0.3, -0.25) is 9.78 Å². The van der Waals surface area contributed by atoms with Crippen molar-refractivity contribution < 1.29 is 9.21 Å². The van der Waals surface area contributed by atoms with Gasteiger partial charge in [-0.15, -0.1) is 11.3 Å². The van der Waals surface area contributed by atoms with Crippen molar-refractivity contribution in [3.05, 3.63) is 52.2 Å². The van der Waals surface area contributed by atoms with Crippen LogP contribution < -0.4 is 0 Å². The Morgan fingerprint density at radius 1 is 1.41 bits per heavy atom. The van der Waals surface area contributed by atoms with Crippen LogP contribution in [0, 0.1) is 6.92 Å². The van der Waals surface area contributed by atoms with Crippen LogP contribution in [0.15, 0.2) is 40.4 Å². The molecule has 2 aromatic heterocycles. The predicted molar refractivity (Wildman–Crippen MR) is 66.5 cm³/mol. The highest BCUT2D eigenvalue weighted by atomic mass is 32.1. The summed E-state index contributed by atoms with van der Waals surface area (Å²) in [6, 6.07) is 7.64. The van der Waals surface area contributed by atoms with E-state index in [4.69, 9.17) is 4.42 Å². The molecule has 0 aliphatic heterocycles. The molecule has 3 nitrogen and oxygen atoms in total. The molecule has 0 saturated heterocycles. The summed E-state index contributed by atoms with van der Waals surface area (Å²) < 4.78 is 5.61. The molecule has 2 heterocycles. The first-order chi connectivity index (χ1) is 8.25. The second-order valence-electron chi connectivity index (χ2n) is 3.80. The van der Waals surface area contributed by atoms with E-state index in [1.807, 2.05) is 25.1 Å². The monoisotopic (exact) mass is 243 g/mol. The number of carbonyl (C=O) groups is 1. The highest BCUT2D eigenvalue weighted by Crippen LogP contribution is 2.24. The molecular weight excluding hydrogens is 234 g/mol. The number of para-hydroxylation sites is 1. The number of fused-ring (bicyclic) bond motifs is 1. The summed E-state index contributed by atoms with van der Waals surface area (Å²) in [4.78, 5) is 16.6. The largest absolute Gasteiger partial charge is 0.452 e. The van der Waals surface area contributed by atoms with Gasteiger partial charge in [-0.1, -0.05) is 18.2 Å². The lowest BCUT2D eigenvalue weighted by Crippen LogP contribution is -1.95. The van der Waals surface area contributed by atoms with E-state index in [1.54, 1.807) is 17.8 Å². The molecule has 0 unspecified atom stereocenters. The molecule has 84 valence electrons. The Hall–Kier alpha value is -1.94. The lowest BCUT2D eigenvalue weighted by Gasteiger charge is -1.92. The maximum atomic E-state index is 12.1. The first-order valence-electron chi connectivity index (χ1n) is 5.18. The van der Waals surface area contributed by atoms with Gasteiger partial charge in [0.15, 0.2) is 5.76 Å². The van der Waals surface area contributed by atoms with Crippen LogP contribution in [0.5, 0.6) is 0 Å². The minimum atomic E-state index is -0.108. The van der Waals surface area contributed by atoms with Crippen LogP contribution in [0.3, 0.4) is 0 Å². The first kappa shape index (κ1) is 10.2. The predicted octanol–water partition coefficient (Wildman–Crippen LogP) is 3.43. The Labute approximate surface area is 102 Å². The maximum Gasteiger partial charge on any atom is 0.239 e. The van der Waals surface area contributed by atoms with E-state index in [2.05, 4.69) is 4.98 Å². The van der Waals surface area contributed by atoms with Crippen LogP contribution in [0.4, 0.5) is 0 Å². The highest BCUT2D eigenvalue weighted by molar-refractivity contribution is 7.11. The molecule has 3 rings (SSSR count). The van der Waals surface area contributed by atoms with Crippen molar-refractivity contribution in [2.45, 2.75) is 6.92 Å². The van der Waals surface area contributed by atoms with E-state index in [0.717, 1.165) is 16.5 Å². The lowest BCUT2D eigenvalue weighted by atomic mass is 10.2. The topological polar surface area (TPSA) is 43.1 Å². The van der Waals surface area contributed by atoms with Crippen molar-refractivity contribution >= 4 is 28.1 Å². The Morgan fingerprint density at radius 2 is 2.29 bits per heavy atom. The lowest BCUT2D eigenvalue weighted by molar-refractivity contribution is 0.101. The first-order valence-corrected chi connectivity index (χ1v) is 6.06. The minimum Gasteiger partial charge on any atom is -0.452 e. The average molecular weight is 243 g/mol. The van der Waals surface area contributed by atoms with E-state index in [1.165, 1.54) is 11.3 Å². The number of ketones is 1. The van der Waals surface area contributed by atoms with E-state index in [0.29, 0.717) is 10.6 Å². The Morgan fingerprint density at radius 3 is 3.00 bits per heavy atom. The number of hydrogen-bond donors (Lipinski definition) is 0. The van der Waals surface area contributed by atoms with Crippen molar-refractivity contribution in [3.63, 3.8) is 0 Å². The third kappa shape index (κ3) is 1.66. The number of aryl methyl sites for hydroxylation is 1. The summed E-state index contributed by atoms with van der Waals surface area (Å²) >= 11 is 1.32. The molecule has 17 heavy (non-hydrogen) atoms. The van der Waals surface area contributed by atoms with Crippen LogP contribution in [0.25, 0.3) is 11.0 Å². The molecule has 0 fully saturated rings. The molecule has 4 heteroatoms. The molecule has 0 atom stereocenters. The van der Waals surface area contributed by atoms with E-state index in [9.17, 15) is 4.79 Å². The molecule has 3 aromatic rings.